The van der Waals surface area contributed by atoms with Crippen molar-refractivity contribution in [3.63, 3.8) is 0 Å². The van der Waals surface area contributed by atoms with Crippen LogP contribution in [0.3, 0.4) is 0 Å². The van der Waals surface area contributed by atoms with Crippen LogP contribution in [0.15, 0.2) is 96.1 Å². The minimum Gasteiger partial charge on any atom is -0.405 e. The summed E-state index contributed by atoms with van der Waals surface area (Å²) in [6, 6.07) is 27.7. The van der Waals surface area contributed by atoms with E-state index in [4.69, 9.17) is 10.3 Å². The van der Waals surface area contributed by atoms with Crippen LogP contribution in [0.1, 0.15) is 10.4 Å². The van der Waals surface area contributed by atoms with Crippen molar-refractivity contribution in [3.8, 4) is 11.6 Å². The summed E-state index contributed by atoms with van der Waals surface area (Å²) in [5, 5.41) is 4.61. The molecule has 27 heteroatoms. The number of rotatable bonds is 10. The molecule has 380 valence electrons. The van der Waals surface area contributed by atoms with Crippen molar-refractivity contribution in [3.05, 3.63) is 223 Å². The van der Waals surface area contributed by atoms with E-state index >= 15 is 35.1 Å². The average Bonchev–Trinajstić information content (AvgIpc) is 3.39. The number of benzene rings is 7. The Morgan fingerprint density at radius 3 is 1.20 bits per heavy atom. The van der Waals surface area contributed by atoms with E-state index in [9.17, 15) is 57.5 Å². The van der Waals surface area contributed by atoms with Gasteiger partial charge in [-0.3, -0.25) is 4.79 Å². The lowest BCUT2D eigenvalue weighted by atomic mass is 9.12. The van der Waals surface area contributed by atoms with Gasteiger partial charge in [0.05, 0.1) is 6.07 Å². The first kappa shape index (κ1) is 53.2. The van der Waals surface area contributed by atoms with Crippen LogP contribution in [0.25, 0.3) is 21.3 Å². The molecule has 0 radical (unpaired) electrons. The average molecular weight is 1060 g/mol. The van der Waals surface area contributed by atoms with E-state index in [-0.39, 0.29) is 12.3 Å². The van der Waals surface area contributed by atoms with Gasteiger partial charge in [0.2, 0.25) is 17.8 Å². The van der Waals surface area contributed by atoms with E-state index in [1.54, 1.807) is 36.4 Å². The monoisotopic (exact) mass is 1060 g/mol. The van der Waals surface area contributed by atoms with Crippen LogP contribution in [-0.2, 0) is 6.54 Å². The molecule has 8 rings (SSSR count). The maximum Gasteiger partial charge on any atom is 0.374 e. The molecular weight excluding hydrogens is 1040 g/mol. The van der Waals surface area contributed by atoms with Gasteiger partial charge in [0.1, 0.15) is 58.4 Å². The molecule has 0 unspecified atom stereocenters. The smallest absolute Gasteiger partial charge is 0.374 e. The van der Waals surface area contributed by atoms with Crippen molar-refractivity contribution < 1.29 is 102 Å². The molecule has 0 atom stereocenters. The fourth-order valence-electron chi connectivity index (χ4n) is 8.01. The SMILES string of the molecule is Fc1c(F)c(F)c([B-](c2c(F)c(F)c(F)c(F)c2F)(c2c(F)c(F)c(F)c(F)c2F)c2c(F)c(F)c(F)c(F)c2F)c(F)c1F.[N-]=[N+]=Nc1cccc(Oc2ccc3ccccc3[n+]2CC(=O)c2ccccc2)c1. The number of halogens is 20. The summed E-state index contributed by atoms with van der Waals surface area (Å²) in [4.78, 5) is 15.7. The van der Waals surface area contributed by atoms with Crippen molar-refractivity contribution in [1.29, 1.82) is 0 Å². The molecule has 7 aromatic carbocycles. The third kappa shape index (κ3) is 8.70. The van der Waals surface area contributed by atoms with E-state index in [0.29, 0.717) is 22.9 Å². The maximum absolute atomic E-state index is 15.4. The van der Waals surface area contributed by atoms with Crippen molar-refractivity contribution in [2.75, 3.05) is 0 Å². The second-order valence-corrected chi connectivity index (χ2v) is 15.2. The van der Waals surface area contributed by atoms with Crippen LogP contribution in [0.5, 0.6) is 11.6 Å². The van der Waals surface area contributed by atoms with Crippen LogP contribution >= 0.6 is 0 Å². The lowest BCUT2D eigenvalue weighted by Crippen LogP contribution is -2.81. The highest BCUT2D eigenvalue weighted by atomic mass is 19.2. The molecular formula is C47H17BF20N4O2. The first-order chi connectivity index (χ1) is 34.9. The zero-order valence-electron chi connectivity index (χ0n) is 35.6. The Labute approximate surface area is 398 Å². The second kappa shape index (κ2) is 20.5. The predicted molar refractivity (Wildman–Crippen MR) is 219 cm³/mol. The van der Waals surface area contributed by atoms with Crippen LogP contribution in [0.2, 0.25) is 0 Å². The van der Waals surface area contributed by atoms with Gasteiger partial charge in [-0.15, -0.1) is 21.9 Å². The molecule has 0 aliphatic heterocycles. The largest absolute Gasteiger partial charge is 0.405 e. The minimum atomic E-state index is -7.22. The molecule has 0 fully saturated rings. The van der Waals surface area contributed by atoms with E-state index in [1.165, 1.54) is 0 Å². The van der Waals surface area contributed by atoms with Crippen LogP contribution in [0.4, 0.5) is 93.5 Å². The molecule has 1 heterocycles. The number of nitrogens with zero attached hydrogens (tertiary/aromatic N) is 4. The van der Waals surface area contributed by atoms with E-state index < -0.39 is 144 Å². The molecule has 0 saturated heterocycles. The molecule has 0 spiro atoms. The molecule has 0 aliphatic rings. The van der Waals surface area contributed by atoms with Gasteiger partial charge in [-0.25, -0.2) is 87.8 Å². The number of aromatic nitrogens is 1. The highest BCUT2D eigenvalue weighted by molar-refractivity contribution is 7.20. The van der Waals surface area contributed by atoms with E-state index in [0.717, 1.165) is 10.9 Å². The summed E-state index contributed by atoms with van der Waals surface area (Å²) in [7, 11) is 0. The molecule has 0 saturated carbocycles. The molecule has 6 nitrogen and oxygen atoms in total. The zero-order chi connectivity index (χ0) is 54.4. The number of para-hydroxylation sites is 1. The lowest BCUT2D eigenvalue weighted by Gasteiger charge is -2.44. The Morgan fingerprint density at radius 2 is 0.811 bits per heavy atom. The van der Waals surface area contributed by atoms with Gasteiger partial charge in [-0.2, -0.15) is 4.57 Å². The van der Waals surface area contributed by atoms with Crippen LogP contribution in [0, 0.1) is 116 Å². The standard InChI is InChI=1S/C24BF20.C23H17N4O2/c26-5-1(6(27)14(35)21(42)13(5)34)25(2-7(28)15(36)22(43)16(37)8(2)29,3-9(30)17(38)23(44)18(39)10(3)31)4-11(32)19(40)24(45)20(41)12(4)33;24-26-25-19-10-6-11-20(15-19)29-23-14-13-17-7-4-5-12-21(17)27(23)16-22(28)18-8-2-1-3-9-18/h;1-15H,16H2/q-1;+1. The van der Waals surface area contributed by atoms with Crippen LogP contribution < -0.4 is 31.2 Å². The van der Waals surface area contributed by atoms with Crippen molar-refractivity contribution in [2.45, 2.75) is 6.54 Å². The number of azide groups is 1. The Bertz CT molecular complexity index is 3290. The third-order valence-electron chi connectivity index (χ3n) is 11.2. The Kier molecular flexibility index (Phi) is 14.7. The van der Waals surface area contributed by atoms with Crippen LogP contribution in [-0.4, -0.2) is 11.9 Å². The van der Waals surface area contributed by atoms with Crippen molar-refractivity contribution in [2.24, 2.45) is 5.11 Å². The molecule has 74 heavy (non-hydrogen) atoms. The van der Waals surface area contributed by atoms with Gasteiger partial charge in [-0.05, 0) is 29.8 Å². The number of Topliss-reactive ketones (excluding diaryl/α,β-unsaturated/α-hetero) is 1. The first-order valence-corrected chi connectivity index (χ1v) is 20.0. The quantitative estimate of drug-likeness (QED) is 0.0157. The fourth-order valence-corrected chi connectivity index (χ4v) is 8.01. The van der Waals surface area contributed by atoms with E-state index in [1.807, 2.05) is 59.2 Å². The maximum atomic E-state index is 15.4. The van der Waals surface area contributed by atoms with Gasteiger partial charge in [0.25, 0.3) is 0 Å². The highest BCUT2D eigenvalue weighted by Gasteiger charge is 2.52. The second-order valence-electron chi connectivity index (χ2n) is 15.2. The number of ketones is 1. The fraction of sp³-hybridized carbons (Fsp3) is 0.0213. The topological polar surface area (TPSA) is 78.9 Å². The number of carbonyl (C=O) groups excluding carboxylic acids is 1. The molecule has 0 N–H and O–H groups in total. The van der Waals surface area contributed by atoms with Gasteiger partial charge in [0, 0.05) is 27.6 Å². The Balaban J connectivity index is 0.000000237. The molecule has 0 amide bonds. The first-order valence-electron chi connectivity index (χ1n) is 20.0. The van der Waals surface area contributed by atoms with Gasteiger partial charge < -0.3 is 4.74 Å². The summed E-state index contributed by atoms with van der Waals surface area (Å²) in [6.45, 7) is 0.136. The number of hydrogen-bond donors (Lipinski definition) is 0. The Hall–Kier alpha value is -8.61. The van der Waals surface area contributed by atoms with Gasteiger partial charge >= 0.3 is 5.88 Å². The molecule has 8 aromatic rings. The summed E-state index contributed by atoms with van der Waals surface area (Å²) < 4.78 is 302. The predicted octanol–water partition coefficient (Wildman–Crippen LogP) is 11.6. The lowest BCUT2D eigenvalue weighted by molar-refractivity contribution is -0.661. The number of carbonyl (C=O) groups is 1. The zero-order valence-corrected chi connectivity index (χ0v) is 35.6. The molecule has 0 bridgehead atoms. The number of ether oxygens (including phenoxy) is 1. The van der Waals surface area contributed by atoms with Crippen molar-refractivity contribution >= 4 is 50.4 Å². The van der Waals surface area contributed by atoms with Gasteiger partial charge in [-0.1, -0.05) is 59.7 Å². The number of hydrogen-bond acceptors (Lipinski definition) is 3. The molecule has 1 aromatic heterocycles. The number of fused-ring (bicyclic) bond motifs is 1. The normalized spacial score (nSPS) is 11.4. The minimum absolute atomic E-state index is 0.0142. The third-order valence-corrected chi connectivity index (χ3v) is 11.2. The Morgan fingerprint density at radius 1 is 0.446 bits per heavy atom. The highest BCUT2D eigenvalue weighted by Crippen LogP contribution is 2.31. The summed E-state index contributed by atoms with van der Waals surface area (Å²) >= 11 is 0. The number of pyridine rings is 1. The van der Waals surface area contributed by atoms with Crippen molar-refractivity contribution in [1.82, 2.24) is 0 Å². The summed E-state index contributed by atoms with van der Waals surface area (Å²) in [5.41, 5.74) is -3.70. The summed E-state index contributed by atoms with van der Waals surface area (Å²) in [5.74, 6) is -70.4. The summed E-state index contributed by atoms with van der Waals surface area (Å²) in [6.07, 6.45) is -7.22. The van der Waals surface area contributed by atoms with Gasteiger partial charge in [0.15, 0.2) is 69.8 Å². The molecule has 0 aliphatic carbocycles. The van der Waals surface area contributed by atoms with E-state index in [2.05, 4.69) is 10.0 Å².